The highest BCUT2D eigenvalue weighted by atomic mass is 32.2. The van der Waals surface area contributed by atoms with Gasteiger partial charge in [0.05, 0.1) is 0 Å². The Bertz CT molecular complexity index is 1460. The van der Waals surface area contributed by atoms with Crippen LogP contribution in [0.25, 0.3) is 21.8 Å². The maximum Gasteiger partial charge on any atom is 0.263 e. The molecular formula is C20H19N3O4S2. The van der Waals surface area contributed by atoms with Gasteiger partial charge in [-0.2, -0.15) is 0 Å². The number of nitrogens with one attached hydrogen (secondary N) is 1. The largest absolute Gasteiger partial charge is 0.341 e. The van der Waals surface area contributed by atoms with E-state index in [-0.39, 0.29) is 0 Å². The lowest BCUT2D eigenvalue weighted by atomic mass is 10.1. The van der Waals surface area contributed by atoms with Crippen LogP contribution < -0.4 is 9.86 Å². The molecule has 3 N–H and O–H groups in total. The molecule has 0 aliphatic heterocycles. The van der Waals surface area contributed by atoms with Crippen molar-refractivity contribution in [3.05, 3.63) is 66.7 Å². The number of rotatable bonds is 5. The maximum absolute atomic E-state index is 12.9. The number of sulfonamides is 2. The van der Waals surface area contributed by atoms with Crippen molar-refractivity contribution in [2.75, 3.05) is 4.72 Å². The molecule has 4 rings (SSSR count). The predicted molar refractivity (Wildman–Crippen MR) is 114 cm³/mol. The fourth-order valence-corrected chi connectivity index (χ4v) is 6.01. The topological polar surface area (TPSA) is 111 Å². The van der Waals surface area contributed by atoms with Crippen molar-refractivity contribution in [2.45, 2.75) is 23.3 Å². The molecule has 0 unspecified atom stereocenters. The SMILES string of the molecule is CCn1c2ccccc2c2cc(NS(=O)(=O)c3ccccc3S(N)(=O)=O)ccc21. The lowest BCUT2D eigenvalue weighted by Gasteiger charge is -2.11. The van der Waals surface area contributed by atoms with Crippen LogP contribution in [0.2, 0.25) is 0 Å². The number of hydrogen-bond acceptors (Lipinski definition) is 4. The molecule has 9 heteroatoms. The first-order chi connectivity index (χ1) is 13.7. The van der Waals surface area contributed by atoms with E-state index in [1.54, 1.807) is 12.1 Å². The maximum atomic E-state index is 12.9. The molecule has 7 nitrogen and oxygen atoms in total. The zero-order valence-electron chi connectivity index (χ0n) is 15.5. The van der Waals surface area contributed by atoms with Gasteiger partial charge in [0.2, 0.25) is 10.0 Å². The Morgan fingerprint density at radius 1 is 0.828 bits per heavy atom. The zero-order chi connectivity index (χ0) is 20.8. The Morgan fingerprint density at radius 2 is 1.45 bits per heavy atom. The summed E-state index contributed by atoms with van der Waals surface area (Å²) in [6.45, 7) is 2.82. The second-order valence-corrected chi connectivity index (χ2v) is 9.77. The summed E-state index contributed by atoms with van der Waals surface area (Å²) in [5.41, 5.74) is 2.38. The third kappa shape index (κ3) is 3.37. The zero-order valence-corrected chi connectivity index (χ0v) is 17.2. The first-order valence-corrected chi connectivity index (χ1v) is 11.9. The number of primary sulfonamides is 1. The monoisotopic (exact) mass is 429 g/mol. The van der Waals surface area contributed by atoms with Crippen molar-refractivity contribution >= 4 is 47.5 Å². The average Bonchev–Trinajstić information content (AvgIpc) is 3.00. The van der Waals surface area contributed by atoms with Gasteiger partial charge in [-0.25, -0.2) is 22.0 Å². The summed E-state index contributed by atoms with van der Waals surface area (Å²) in [6, 6.07) is 18.4. The van der Waals surface area contributed by atoms with E-state index < -0.39 is 29.8 Å². The molecule has 0 spiro atoms. The lowest BCUT2D eigenvalue weighted by Crippen LogP contribution is -2.20. The van der Waals surface area contributed by atoms with Crippen molar-refractivity contribution < 1.29 is 16.8 Å². The van der Waals surface area contributed by atoms with Crippen LogP contribution in [0, 0.1) is 0 Å². The van der Waals surface area contributed by atoms with Gasteiger partial charge in [0.1, 0.15) is 9.79 Å². The smallest absolute Gasteiger partial charge is 0.263 e. The molecule has 1 aromatic heterocycles. The number of nitrogens with two attached hydrogens (primary N) is 1. The summed E-state index contributed by atoms with van der Waals surface area (Å²) < 4.78 is 54.0. The van der Waals surface area contributed by atoms with Crippen LogP contribution in [0.15, 0.2) is 76.5 Å². The molecule has 0 aliphatic carbocycles. The Labute approximate surface area is 168 Å². The first kappa shape index (κ1) is 19.4. The summed E-state index contributed by atoms with van der Waals surface area (Å²) in [5.74, 6) is 0. The first-order valence-electron chi connectivity index (χ1n) is 8.88. The van der Waals surface area contributed by atoms with Gasteiger partial charge in [0, 0.05) is 34.0 Å². The van der Waals surface area contributed by atoms with Gasteiger partial charge in [-0.15, -0.1) is 0 Å². The Hall–Kier alpha value is -2.88. The molecule has 0 amide bonds. The predicted octanol–water partition coefficient (Wildman–Crippen LogP) is 3.26. The van der Waals surface area contributed by atoms with E-state index >= 15 is 0 Å². The average molecular weight is 430 g/mol. The molecule has 0 aliphatic rings. The van der Waals surface area contributed by atoms with E-state index in [4.69, 9.17) is 5.14 Å². The molecule has 0 saturated heterocycles. The van der Waals surface area contributed by atoms with Crippen molar-refractivity contribution in [2.24, 2.45) is 5.14 Å². The fraction of sp³-hybridized carbons (Fsp3) is 0.100. The minimum absolute atomic E-state index is 0.334. The highest BCUT2D eigenvalue weighted by Crippen LogP contribution is 2.32. The number of aryl methyl sites for hydroxylation is 1. The minimum Gasteiger partial charge on any atom is -0.341 e. The third-order valence-corrected chi connectivity index (χ3v) is 7.32. The normalized spacial score (nSPS) is 12.5. The minimum atomic E-state index is -4.19. The molecule has 4 aromatic rings. The molecule has 3 aromatic carbocycles. The van der Waals surface area contributed by atoms with Gasteiger partial charge in [0.15, 0.2) is 0 Å². The van der Waals surface area contributed by atoms with Crippen LogP contribution in [-0.2, 0) is 26.6 Å². The number of para-hydroxylation sites is 1. The molecule has 1 heterocycles. The summed E-state index contributed by atoms with van der Waals surface area (Å²) >= 11 is 0. The second kappa shape index (κ2) is 6.87. The standard InChI is InChI=1S/C20H19N3O4S2/c1-2-23-17-8-4-3-7-15(17)16-13-14(11-12-18(16)23)22-29(26,27)20-10-6-5-9-19(20)28(21,24)25/h3-13,22H,2H2,1H3,(H2,21,24,25). The van der Waals surface area contributed by atoms with E-state index in [1.807, 2.05) is 37.3 Å². The molecule has 29 heavy (non-hydrogen) atoms. The van der Waals surface area contributed by atoms with Crippen LogP contribution >= 0.6 is 0 Å². The van der Waals surface area contributed by atoms with Crippen LogP contribution in [0.5, 0.6) is 0 Å². The number of fused-ring (bicyclic) bond motifs is 3. The summed E-state index contributed by atoms with van der Waals surface area (Å²) in [7, 11) is -8.36. The highest BCUT2D eigenvalue weighted by molar-refractivity contribution is 7.94. The highest BCUT2D eigenvalue weighted by Gasteiger charge is 2.24. The molecular weight excluding hydrogens is 410 g/mol. The fourth-order valence-electron chi connectivity index (χ4n) is 3.58. The molecule has 0 atom stereocenters. The second-order valence-electron chi connectivity index (χ2n) is 6.59. The Balaban J connectivity index is 1.84. The quantitative estimate of drug-likeness (QED) is 0.507. The van der Waals surface area contributed by atoms with Gasteiger partial charge in [-0.05, 0) is 43.3 Å². The van der Waals surface area contributed by atoms with Gasteiger partial charge in [0.25, 0.3) is 10.0 Å². The van der Waals surface area contributed by atoms with Crippen molar-refractivity contribution in [3.8, 4) is 0 Å². The number of nitrogens with zero attached hydrogens (tertiary/aromatic N) is 1. The van der Waals surface area contributed by atoms with E-state index in [0.717, 1.165) is 28.4 Å². The third-order valence-electron chi connectivity index (χ3n) is 4.79. The van der Waals surface area contributed by atoms with E-state index in [1.165, 1.54) is 24.3 Å². The summed E-state index contributed by atoms with van der Waals surface area (Å²) in [6.07, 6.45) is 0. The lowest BCUT2D eigenvalue weighted by molar-refractivity contribution is 0.586. The Kier molecular flexibility index (Phi) is 4.60. The van der Waals surface area contributed by atoms with Gasteiger partial charge >= 0.3 is 0 Å². The number of benzene rings is 3. The molecule has 0 radical (unpaired) electrons. The molecule has 0 saturated carbocycles. The number of aromatic nitrogens is 1. The number of hydrogen-bond donors (Lipinski definition) is 2. The van der Waals surface area contributed by atoms with Crippen LogP contribution in [-0.4, -0.2) is 21.4 Å². The van der Waals surface area contributed by atoms with E-state index in [2.05, 4.69) is 9.29 Å². The molecule has 0 bridgehead atoms. The van der Waals surface area contributed by atoms with E-state index in [9.17, 15) is 16.8 Å². The van der Waals surface area contributed by atoms with Crippen molar-refractivity contribution in [1.29, 1.82) is 0 Å². The van der Waals surface area contributed by atoms with Gasteiger partial charge in [-0.1, -0.05) is 30.3 Å². The van der Waals surface area contributed by atoms with Gasteiger partial charge in [-0.3, -0.25) is 4.72 Å². The van der Waals surface area contributed by atoms with Crippen LogP contribution in [0.4, 0.5) is 5.69 Å². The summed E-state index contributed by atoms with van der Waals surface area (Å²) in [4.78, 5) is -0.838. The Morgan fingerprint density at radius 3 is 2.14 bits per heavy atom. The van der Waals surface area contributed by atoms with Crippen molar-refractivity contribution in [1.82, 2.24) is 4.57 Å². The molecule has 0 fully saturated rings. The molecule has 150 valence electrons. The number of anilines is 1. The van der Waals surface area contributed by atoms with Crippen molar-refractivity contribution in [3.63, 3.8) is 0 Å². The van der Waals surface area contributed by atoms with Crippen LogP contribution in [0.1, 0.15) is 6.92 Å². The van der Waals surface area contributed by atoms with Gasteiger partial charge < -0.3 is 4.57 Å². The van der Waals surface area contributed by atoms with E-state index in [0.29, 0.717) is 5.69 Å². The van der Waals surface area contributed by atoms with Crippen LogP contribution in [0.3, 0.4) is 0 Å². The summed E-state index contributed by atoms with van der Waals surface area (Å²) in [5, 5.41) is 7.09.